The van der Waals surface area contributed by atoms with Gasteiger partial charge >= 0.3 is 11.7 Å². The number of nitro groups is 2. The number of carbonyl (C=O) groups is 1. The molecule has 0 aliphatic heterocycles. The number of hydrogen-bond acceptors (Lipinski definition) is 8. The number of aromatic hydroxyl groups is 1. The first kappa shape index (κ1) is 17.4. The summed E-state index contributed by atoms with van der Waals surface area (Å²) in [7, 11) is 0. The molecule has 0 saturated carbocycles. The second-order valence-corrected chi connectivity index (χ2v) is 4.72. The van der Waals surface area contributed by atoms with Gasteiger partial charge in [-0.15, -0.1) is 6.42 Å². The number of ether oxygens (including phenoxy) is 2. The summed E-state index contributed by atoms with van der Waals surface area (Å²) in [5, 5.41) is 31.0. The Bertz CT molecular complexity index is 669. The van der Waals surface area contributed by atoms with E-state index in [2.05, 4.69) is 10.7 Å². The highest BCUT2D eigenvalue weighted by molar-refractivity contribution is 14.1. The highest BCUT2D eigenvalue weighted by Crippen LogP contribution is 2.39. The fraction of sp³-hybridized carbons (Fsp3) is 0.182. The second-order valence-electron chi connectivity index (χ2n) is 3.59. The molecule has 1 atom stereocenters. The van der Waals surface area contributed by atoms with E-state index in [1.807, 2.05) is 0 Å². The van der Waals surface area contributed by atoms with Gasteiger partial charge < -0.3 is 14.6 Å². The lowest BCUT2D eigenvalue weighted by Gasteiger charge is -2.09. The molecule has 1 N–H and O–H groups in total. The van der Waals surface area contributed by atoms with Gasteiger partial charge in [-0.05, 0) is 22.6 Å². The zero-order chi connectivity index (χ0) is 16.9. The Labute approximate surface area is 136 Å². The van der Waals surface area contributed by atoms with Crippen LogP contribution in [0.5, 0.6) is 11.5 Å². The van der Waals surface area contributed by atoms with Gasteiger partial charge in [-0.1, -0.05) is 5.92 Å². The lowest BCUT2D eigenvalue weighted by atomic mass is 10.2. The number of alkyl halides is 1. The third kappa shape index (κ3) is 4.45. The van der Waals surface area contributed by atoms with Gasteiger partial charge in [0.1, 0.15) is 0 Å². The summed E-state index contributed by atoms with van der Waals surface area (Å²) in [6.45, 7) is -0.743. The molecule has 0 fully saturated rings. The van der Waals surface area contributed by atoms with Gasteiger partial charge in [0.15, 0.2) is 12.4 Å². The van der Waals surface area contributed by atoms with E-state index in [0.717, 1.165) is 6.07 Å². The first-order valence-electron chi connectivity index (χ1n) is 5.34. The SMILES string of the molecule is C#CC(I)OC(=O)COc1cc([N+](=O)[O-])cc([N+](=O)[O-])c1O. The van der Waals surface area contributed by atoms with Gasteiger partial charge in [0, 0.05) is 0 Å². The lowest BCUT2D eigenvalue weighted by molar-refractivity contribution is -0.394. The first-order chi connectivity index (χ1) is 10.3. The number of halogens is 1. The molecule has 0 spiro atoms. The molecule has 0 aliphatic carbocycles. The molecular formula is C11H7IN2O8. The summed E-state index contributed by atoms with van der Waals surface area (Å²) < 4.78 is 8.63. The van der Waals surface area contributed by atoms with Crippen molar-refractivity contribution in [1.82, 2.24) is 0 Å². The van der Waals surface area contributed by atoms with Crippen LogP contribution >= 0.6 is 22.6 Å². The van der Waals surface area contributed by atoms with Crippen molar-refractivity contribution in [3.05, 3.63) is 32.4 Å². The summed E-state index contributed by atoms with van der Waals surface area (Å²) in [5.74, 6) is -0.330. The summed E-state index contributed by atoms with van der Waals surface area (Å²) >= 11 is 1.65. The Balaban J connectivity index is 2.99. The number of benzene rings is 1. The van der Waals surface area contributed by atoms with Crippen molar-refractivity contribution >= 4 is 39.9 Å². The molecule has 10 nitrogen and oxygen atoms in total. The summed E-state index contributed by atoms with van der Waals surface area (Å²) in [6, 6.07) is 1.32. The Kier molecular flexibility index (Phi) is 5.87. The molecule has 0 aliphatic rings. The molecule has 1 rings (SSSR count). The number of rotatable bonds is 6. The van der Waals surface area contributed by atoms with E-state index >= 15 is 0 Å². The van der Waals surface area contributed by atoms with Crippen LogP contribution in [0.15, 0.2) is 12.1 Å². The molecule has 22 heavy (non-hydrogen) atoms. The van der Waals surface area contributed by atoms with Gasteiger partial charge in [0.2, 0.25) is 9.86 Å². The highest BCUT2D eigenvalue weighted by Gasteiger charge is 2.25. The summed E-state index contributed by atoms with van der Waals surface area (Å²) in [4.78, 5) is 30.8. The van der Waals surface area contributed by atoms with Crippen LogP contribution in [-0.4, -0.2) is 31.6 Å². The average molecular weight is 422 g/mol. The predicted octanol–water partition coefficient (Wildman–Crippen LogP) is 1.52. The van der Waals surface area contributed by atoms with Crippen molar-refractivity contribution in [3.63, 3.8) is 0 Å². The van der Waals surface area contributed by atoms with Gasteiger partial charge in [-0.2, -0.15) is 0 Å². The number of nitro benzene ring substituents is 2. The molecule has 0 aromatic heterocycles. The van der Waals surface area contributed by atoms with Gasteiger partial charge in [0.05, 0.1) is 22.0 Å². The minimum atomic E-state index is -1.02. The van der Waals surface area contributed by atoms with Crippen molar-refractivity contribution < 1.29 is 29.2 Å². The topological polar surface area (TPSA) is 142 Å². The normalized spacial score (nSPS) is 11.1. The third-order valence-electron chi connectivity index (χ3n) is 2.16. The molecule has 116 valence electrons. The highest BCUT2D eigenvalue weighted by atomic mass is 127. The standard InChI is InChI=1S/C11H7IN2O8/c1-2-9(12)22-10(15)5-21-8-4-6(13(17)18)3-7(11(8)16)14(19)20/h1,3-4,9,16H,5H2. The fourth-order valence-electron chi connectivity index (χ4n) is 1.25. The van der Waals surface area contributed by atoms with Crippen LogP contribution in [0.3, 0.4) is 0 Å². The van der Waals surface area contributed by atoms with Gasteiger partial charge in [-0.3, -0.25) is 20.2 Å². The van der Waals surface area contributed by atoms with E-state index in [-0.39, 0.29) is 0 Å². The quantitative estimate of drug-likeness (QED) is 0.182. The number of non-ortho nitro benzene ring substituents is 1. The molecule has 0 radical (unpaired) electrons. The second kappa shape index (κ2) is 7.41. The maximum absolute atomic E-state index is 11.3. The van der Waals surface area contributed by atoms with Crippen LogP contribution in [0.4, 0.5) is 11.4 Å². The average Bonchev–Trinajstić information content (AvgIpc) is 2.45. The zero-order valence-corrected chi connectivity index (χ0v) is 12.8. The number of terminal acetylenes is 1. The molecular weight excluding hydrogens is 415 g/mol. The van der Waals surface area contributed by atoms with Gasteiger partial charge in [-0.25, -0.2) is 4.79 Å². The summed E-state index contributed by atoms with van der Waals surface area (Å²) in [5.41, 5.74) is -1.60. The molecule has 0 bridgehead atoms. The minimum absolute atomic E-state index is 0.569. The summed E-state index contributed by atoms with van der Waals surface area (Å²) in [6.07, 6.45) is 4.99. The van der Waals surface area contributed by atoms with Crippen LogP contribution in [0.25, 0.3) is 0 Å². The van der Waals surface area contributed by atoms with E-state index in [1.165, 1.54) is 0 Å². The van der Waals surface area contributed by atoms with Crippen LogP contribution in [0.2, 0.25) is 0 Å². The largest absolute Gasteiger partial charge is 0.500 e. The number of hydrogen-bond donors (Lipinski definition) is 1. The molecule has 0 amide bonds. The molecule has 1 unspecified atom stereocenters. The van der Waals surface area contributed by atoms with E-state index in [1.54, 1.807) is 22.6 Å². The molecule has 1 aromatic carbocycles. The predicted molar refractivity (Wildman–Crippen MR) is 79.6 cm³/mol. The van der Waals surface area contributed by atoms with Crippen molar-refractivity contribution in [1.29, 1.82) is 0 Å². The van der Waals surface area contributed by atoms with Crippen molar-refractivity contribution in [2.75, 3.05) is 6.61 Å². The van der Waals surface area contributed by atoms with E-state index in [0.29, 0.717) is 6.07 Å². The smallest absolute Gasteiger partial charge is 0.346 e. The molecule has 1 aromatic rings. The minimum Gasteiger partial charge on any atom is -0.500 e. The van der Waals surface area contributed by atoms with Crippen molar-refractivity contribution in [2.45, 2.75) is 4.11 Å². The maximum Gasteiger partial charge on any atom is 0.346 e. The van der Waals surface area contributed by atoms with E-state index in [4.69, 9.17) is 11.2 Å². The number of phenolic OH excluding ortho intramolecular Hbond substituents is 1. The Hall–Kier alpha value is -2.62. The number of esters is 1. The van der Waals surface area contributed by atoms with Gasteiger partial charge in [0.25, 0.3) is 5.69 Å². The van der Waals surface area contributed by atoms with Crippen LogP contribution in [0.1, 0.15) is 0 Å². The first-order valence-corrected chi connectivity index (χ1v) is 6.59. The monoisotopic (exact) mass is 422 g/mol. The van der Waals surface area contributed by atoms with Crippen LogP contribution in [0, 0.1) is 32.6 Å². The van der Waals surface area contributed by atoms with Crippen LogP contribution in [-0.2, 0) is 9.53 Å². The fourth-order valence-corrected chi connectivity index (χ4v) is 1.54. The zero-order valence-electron chi connectivity index (χ0n) is 10.6. The molecule has 11 heteroatoms. The Morgan fingerprint density at radius 1 is 1.41 bits per heavy atom. The van der Waals surface area contributed by atoms with Crippen molar-refractivity contribution in [3.8, 4) is 23.8 Å². The maximum atomic E-state index is 11.3. The molecule has 0 heterocycles. The third-order valence-corrected chi connectivity index (χ3v) is 2.77. The van der Waals surface area contributed by atoms with Crippen LogP contribution < -0.4 is 4.74 Å². The number of nitrogens with zero attached hydrogens (tertiary/aromatic N) is 2. The Morgan fingerprint density at radius 2 is 2.05 bits per heavy atom. The lowest BCUT2D eigenvalue weighted by Crippen LogP contribution is -2.18. The number of phenols is 1. The van der Waals surface area contributed by atoms with E-state index in [9.17, 15) is 30.1 Å². The Morgan fingerprint density at radius 3 is 2.55 bits per heavy atom. The van der Waals surface area contributed by atoms with E-state index < -0.39 is 49.4 Å². The molecule has 0 saturated heterocycles. The van der Waals surface area contributed by atoms with Crippen molar-refractivity contribution in [2.24, 2.45) is 0 Å². The number of carbonyl (C=O) groups excluding carboxylic acids is 1.